The number of fused-ring (bicyclic) bond motifs is 1. The Balaban J connectivity index is 1.45. The summed E-state index contributed by atoms with van der Waals surface area (Å²) in [7, 11) is 0. The third-order valence-electron chi connectivity index (χ3n) is 5.87. The zero-order valence-electron chi connectivity index (χ0n) is 19.0. The lowest BCUT2D eigenvalue weighted by Gasteiger charge is -2.24. The fraction of sp³-hybridized carbons (Fsp3) is 0.400. The Bertz CT molecular complexity index is 1200. The Labute approximate surface area is 201 Å². The highest BCUT2D eigenvalue weighted by Gasteiger charge is 2.25. The van der Waals surface area contributed by atoms with Gasteiger partial charge in [-0.15, -0.1) is 0 Å². The summed E-state index contributed by atoms with van der Waals surface area (Å²) in [6.45, 7) is 3.95. The van der Waals surface area contributed by atoms with Crippen molar-refractivity contribution in [1.29, 1.82) is 0 Å². The standard InChI is InChI=1S/C25H27N3O5S/c1-2-16-3-4-18(13-26-16)32-19-9-15-10-21(25-27-14-20(34-25)12-23(29)30)28-24(15)22(11-19)33-17-5-7-31-8-6-17/h3-4,9-11,13,17,20,28H,2,5-8,12,14H2,1H3,(H,29,30). The molecule has 34 heavy (non-hydrogen) atoms. The van der Waals surface area contributed by atoms with E-state index in [2.05, 4.69) is 21.9 Å². The molecule has 4 heterocycles. The fourth-order valence-corrected chi connectivity index (χ4v) is 5.19. The highest BCUT2D eigenvalue weighted by atomic mass is 32.2. The van der Waals surface area contributed by atoms with E-state index >= 15 is 0 Å². The lowest BCUT2D eigenvalue weighted by molar-refractivity contribution is -0.136. The van der Waals surface area contributed by atoms with Crippen LogP contribution in [0.2, 0.25) is 0 Å². The van der Waals surface area contributed by atoms with Gasteiger partial charge < -0.3 is 24.3 Å². The maximum Gasteiger partial charge on any atom is 0.304 e. The van der Waals surface area contributed by atoms with Gasteiger partial charge in [0.25, 0.3) is 0 Å². The molecule has 5 rings (SSSR count). The minimum Gasteiger partial charge on any atom is -0.488 e. The molecule has 0 amide bonds. The Morgan fingerprint density at radius 1 is 1.24 bits per heavy atom. The van der Waals surface area contributed by atoms with Gasteiger partial charge in [-0.25, -0.2) is 0 Å². The molecule has 2 aliphatic heterocycles. The lowest BCUT2D eigenvalue weighted by atomic mass is 10.1. The Hall–Kier alpha value is -3.04. The first-order chi connectivity index (χ1) is 16.6. The number of nitrogens with one attached hydrogen (secondary N) is 1. The average molecular weight is 482 g/mol. The van der Waals surface area contributed by atoms with Crippen LogP contribution < -0.4 is 9.47 Å². The molecular formula is C25H27N3O5S. The molecular weight excluding hydrogens is 454 g/mol. The first-order valence-electron chi connectivity index (χ1n) is 11.5. The number of thioether (sulfide) groups is 1. The van der Waals surface area contributed by atoms with Gasteiger partial charge in [-0.3, -0.25) is 14.8 Å². The van der Waals surface area contributed by atoms with Crippen LogP contribution in [-0.4, -0.2) is 57.2 Å². The SMILES string of the molecule is CCc1ccc(Oc2cc(OC3CCOCC3)c3[nH]c(C4=NCC(CC(=O)O)S4)cc3c2)cn1. The van der Waals surface area contributed by atoms with Crippen molar-refractivity contribution >= 4 is 33.7 Å². The second-order valence-corrected chi connectivity index (χ2v) is 9.71. The molecule has 178 valence electrons. The molecule has 0 radical (unpaired) electrons. The summed E-state index contributed by atoms with van der Waals surface area (Å²) in [5, 5.41) is 10.8. The molecule has 2 aromatic heterocycles. The molecule has 1 saturated heterocycles. The van der Waals surface area contributed by atoms with Gasteiger partial charge in [-0.05, 0) is 30.7 Å². The molecule has 2 N–H and O–H groups in total. The van der Waals surface area contributed by atoms with Crippen LogP contribution in [-0.2, 0) is 16.0 Å². The third kappa shape index (κ3) is 5.20. The quantitative estimate of drug-likeness (QED) is 0.475. The van der Waals surface area contributed by atoms with Crippen molar-refractivity contribution in [3.05, 3.63) is 47.9 Å². The lowest BCUT2D eigenvalue weighted by Crippen LogP contribution is -2.25. The van der Waals surface area contributed by atoms with E-state index in [0.29, 0.717) is 31.3 Å². The molecule has 0 spiro atoms. The van der Waals surface area contributed by atoms with Crippen molar-refractivity contribution in [3.8, 4) is 17.2 Å². The van der Waals surface area contributed by atoms with Gasteiger partial charge in [-0.1, -0.05) is 18.7 Å². The van der Waals surface area contributed by atoms with Crippen LogP contribution >= 0.6 is 11.8 Å². The third-order valence-corrected chi connectivity index (χ3v) is 7.09. The number of benzene rings is 1. The van der Waals surface area contributed by atoms with E-state index < -0.39 is 5.97 Å². The number of hydrogen-bond acceptors (Lipinski definition) is 7. The number of rotatable bonds is 8. The first-order valence-corrected chi connectivity index (χ1v) is 12.4. The van der Waals surface area contributed by atoms with E-state index in [4.69, 9.17) is 19.3 Å². The van der Waals surface area contributed by atoms with Gasteiger partial charge in [-0.2, -0.15) is 0 Å². The van der Waals surface area contributed by atoms with Crippen LogP contribution in [0.3, 0.4) is 0 Å². The fourth-order valence-electron chi connectivity index (χ4n) is 4.11. The van der Waals surface area contributed by atoms with Gasteiger partial charge in [0.1, 0.15) is 28.4 Å². The predicted octanol–water partition coefficient (Wildman–Crippen LogP) is 4.81. The Morgan fingerprint density at radius 3 is 2.82 bits per heavy atom. The van der Waals surface area contributed by atoms with Crippen LogP contribution in [0.25, 0.3) is 10.9 Å². The second kappa shape index (κ2) is 10.1. The minimum absolute atomic E-state index is 0.0469. The summed E-state index contributed by atoms with van der Waals surface area (Å²) in [6.07, 6.45) is 4.44. The molecule has 1 atom stereocenters. The van der Waals surface area contributed by atoms with E-state index in [1.165, 1.54) is 11.8 Å². The van der Waals surface area contributed by atoms with Crippen molar-refractivity contribution in [3.63, 3.8) is 0 Å². The summed E-state index contributed by atoms with van der Waals surface area (Å²) in [5.74, 6) is 1.24. The Morgan fingerprint density at radius 2 is 2.09 bits per heavy atom. The summed E-state index contributed by atoms with van der Waals surface area (Å²) < 4.78 is 18.0. The number of carbonyl (C=O) groups is 1. The van der Waals surface area contributed by atoms with Gasteiger partial charge in [0.2, 0.25) is 0 Å². The molecule has 3 aromatic rings. The number of pyridine rings is 1. The van der Waals surface area contributed by atoms with Gasteiger partial charge >= 0.3 is 5.97 Å². The van der Waals surface area contributed by atoms with E-state index in [0.717, 1.165) is 52.3 Å². The summed E-state index contributed by atoms with van der Waals surface area (Å²) in [6, 6.07) is 9.78. The van der Waals surface area contributed by atoms with E-state index in [-0.39, 0.29) is 17.8 Å². The highest BCUT2D eigenvalue weighted by Crippen LogP contribution is 2.37. The smallest absolute Gasteiger partial charge is 0.304 e. The molecule has 2 aliphatic rings. The number of hydrogen-bond donors (Lipinski definition) is 2. The monoisotopic (exact) mass is 481 g/mol. The van der Waals surface area contributed by atoms with Crippen molar-refractivity contribution in [1.82, 2.24) is 9.97 Å². The van der Waals surface area contributed by atoms with Crippen LogP contribution in [0.5, 0.6) is 17.2 Å². The normalized spacial score (nSPS) is 18.7. The van der Waals surface area contributed by atoms with Gasteiger partial charge in [0, 0.05) is 35.2 Å². The number of aromatic nitrogens is 2. The van der Waals surface area contributed by atoms with Crippen molar-refractivity contribution < 1.29 is 24.1 Å². The van der Waals surface area contributed by atoms with Gasteiger partial charge in [0.15, 0.2) is 0 Å². The van der Waals surface area contributed by atoms with Crippen molar-refractivity contribution in [2.45, 2.75) is 44.0 Å². The maximum atomic E-state index is 11.1. The van der Waals surface area contributed by atoms with Crippen molar-refractivity contribution in [2.24, 2.45) is 4.99 Å². The number of aromatic amines is 1. The minimum atomic E-state index is -0.805. The molecule has 8 nitrogen and oxygen atoms in total. The van der Waals surface area contributed by atoms with E-state index in [9.17, 15) is 4.79 Å². The summed E-state index contributed by atoms with van der Waals surface area (Å²) in [5.41, 5.74) is 2.74. The number of carboxylic acids is 1. The summed E-state index contributed by atoms with van der Waals surface area (Å²) >= 11 is 1.50. The molecule has 0 aliphatic carbocycles. The number of ether oxygens (including phenoxy) is 3. The van der Waals surface area contributed by atoms with Gasteiger partial charge in [0.05, 0.1) is 43.6 Å². The number of aliphatic imine (C=N–C) groups is 1. The Kier molecular flexibility index (Phi) is 6.73. The molecule has 1 fully saturated rings. The highest BCUT2D eigenvalue weighted by molar-refractivity contribution is 8.15. The topological polar surface area (TPSA) is 106 Å². The van der Waals surface area contributed by atoms with Crippen LogP contribution in [0.15, 0.2) is 41.5 Å². The maximum absolute atomic E-state index is 11.1. The molecule has 1 aromatic carbocycles. The van der Waals surface area contributed by atoms with E-state index in [1.54, 1.807) is 6.20 Å². The zero-order valence-corrected chi connectivity index (χ0v) is 19.8. The van der Waals surface area contributed by atoms with Crippen LogP contribution in [0.1, 0.15) is 37.6 Å². The van der Waals surface area contributed by atoms with Crippen molar-refractivity contribution in [2.75, 3.05) is 19.8 Å². The van der Waals surface area contributed by atoms with Crippen LogP contribution in [0, 0.1) is 0 Å². The summed E-state index contributed by atoms with van der Waals surface area (Å²) in [4.78, 5) is 23.5. The molecule has 9 heteroatoms. The number of aliphatic carboxylic acids is 1. The molecule has 0 saturated carbocycles. The molecule has 1 unspecified atom stereocenters. The number of aryl methyl sites for hydroxylation is 1. The average Bonchev–Trinajstić information content (AvgIpc) is 3.47. The number of carboxylic acid groups (broad SMARTS) is 1. The largest absolute Gasteiger partial charge is 0.488 e. The van der Waals surface area contributed by atoms with Crippen LogP contribution in [0.4, 0.5) is 0 Å². The predicted molar refractivity (Wildman–Crippen MR) is 131 cm³/mol. The number of nitrogens with zero attached hydrogens (tertiary/aromatic N) is 2. The molecule has 0 bridgehead atoms. The second-order valence-electron chi connectivity index (χ2n) is 8.42. The number of H-pyrrole nitrogens is 1. The van der Waals surface area contributed by atoms with E-state index in [1.807, 2.05) is 30.3 Å². The zero-order chi connectivity index (χ0) is 23.5. The first kappa shape index (κ1) is 22.7.